The largest absolute Gasteiger partial charge is 0.497 e. The van der Waals surface area contributed by atoms with Crippen LogP contribution in [0.1, 0.15) is 43.8 Å². The van der Waals surface area contributed by atoms with Crippen LogP contribution in [0.15, 0.2) is 54.6 Å². The molecule has 2 aromatic carbocycles. The van der Waals surface area contributed by atoms with Crippen LogP contribution in [0.2, 0.25) is 0 Å². The van der Waals surface area contributed by atoms with Crippen LogP contribution in [-0.2, 0) is 0 Å². The summed E-state index contributed by atoms with van der Waals surface area (Å²) in [6.07, 6.45) is 5.68. The lowest BCUT2D eigenvalue weighted by atomic mass is 9.80. The van der Waals surface area contributed by atoms with Gasteiger partial charge in [-0.25, -0.2) is 0 Å². The van der Waals surface area contributed by atoms with Crippen LogP contribution in [0.5, 0.6) is 5.75 Å². The molecule has 0 amide bonds. The summed E-state index contributed by atoms with van der Waals surface area (Å²) < 4.78 is 5.23. The van der Waals surface area contributed by atoms with Crippen LogP contribution in [0.4, 0.5) is 5.69 Å². The highest BCUT2D eigenvalue weighted by Crippen LogP contribution is 2.34. The van der Waals surface area contributed by atoms with Crippen molar-refractivity contribution >= 4 is 5.69 Å². The van der Waals surface area contributed by atoms with E-state index in [2.05, 4.69) is 5.32 Å². The van der Waals surface area contributed by atoms with Crippen molar-refractivity contribution < 1.29 is 9.84 Å². The third kappa shape index (κ3) is 4.09. The number of hydrogen-bond donors (Lipinski definition) is 2. The third-order valence-electron chi connectivity index (χ3n) is 5.06. The highest BCUT2D eigenvalue weighted by atomic mass is 16.5. The van der Waals surface area contributed by atoms with Crippen molar-refractivity contribution in [2.75, 3.05) is 12.4 Å². The molecule has 24 heavy (non-hydrogen) atoms. The first-order valence-corrected chi connectivity index (χ1v) is 8.91. The molecule has 0 spiro atoms. The Morgan fingerprint density at radius 1 is 0.958 bits per heavy atom. The summed E-state index contributed by atoms with van der Waals surface area (Å²) in [6, 6.07) is 18.0. The van der Waals surface area contributed by atoms with Crippen LogP contribution >= 0.6 is 0 Å². The zero-order chi connectivity index (χ0) is 16.8. The number of anilines is 1. The Bertz CT molecular complexity index is 605. The zero-order valence-corrected chi connectivity index (χ0v) is 14.3. The standard InChI is InChI=1S/C21H27NO2/c1-24-19-14-12-18(13-15-19)22-20(16-8-4-2-5-9-16)21(23)17-10-6-3-7-11-17/h3,6-7,10-16,20-23H,2,4-5,8-9H2,1H3/t20-,21-/m1/s1. The molecule has 0 saturated heterocycles. The SMILES string of the molecule is COc1ccc(N[C@H](C2CCCCC2)[C@H](O)c2ccccc2)cc1. The minimum absolute atomic E-state index is 0.0288. The monoisotopic (exact) mass is 325 g/mol. The van der Waals surface area contributed by atoms with Crippen LogP contribution in [-0.4, -0.2) is 18.3 Å². The van der Waals surface area contributed by atoms with Crippen molar-refractivity contribution in [3.8, 4) is 5.75 Å². The van der Waals surface area contributed by atoms with Crippen molar-refractivity contribution in [1.29, 1.82) is 0 Å². The predicted molar refractivity (Wildman–Crippen MR) is 98.4 cm³/mol. The van der Waals surface area contributed by atoms with Gasteiger partial charge in [0.2, 0.25) is 0 Å². The second-order valence-electron chi connectivity index (χ2n) is 6.65. The second kappa shape index (κ2) is 8.20. The molecule has 1 fully saturated rings. The zero-order valence-electron chi connectivity index (χ0n) is 14.3. The fourth-order valence-corrected chi connectivity index (χ4v) is 3.69. The number of methoxy groups -OCH3 is 1. The summed E-state index contributed by atoms with van der Waals surface area (Å²) in [5.74, 6) is 1.34. The van der Waals surface area contributed by atoms with Gasteiger partial charge in [-0.2, -0.15) is 0 Å². The molecule has 0 radical (unpaired) electrons. The van der Waals surface area contributed by atoms with E-state index in [1.54, 1.807) is 7.11 Å². The fraction of sp³-hybridized carbons (Fsp3) is 0.429. The number of aliphatic hydroxyl groups is 1. The van der Waals surface area contributed by atoms with E-state index in [1.807, 2.05) is 54.6 Å². The lowest BCUT2D eigenvalue weighted by Crippen LogP contribution is -2.36. The molecule has 3 rings (SSSR count). The first kappa shape index (κ1) is 16.8. The lowest BCUT2D eigenvalue weighted by Gasteiger charge is -2.35. The Labute approximate surface area is 144 Å². The molecule has 2 atom stereocenters. The summed E-state index contributed by atoms with van der Waals surface area (Å²) in [5, 5.41) is 14.6. The number of nitrogens with one attached hydrogen (secondary N) is 1. The smallest absolute Gasteiger partial charge is 0.119 e. The molecule has 0 bridgehead atoms. The van der Waals surface area contributed by atoms with E-state index in [1.165, 1.54) is 32.1 Å². The minimum atomic E-state index is -0.503. The molecular formula is C21H27NO2. The molecule has 3 heteroatoms. The van der Waals surface area contributed by atoms with Gasteiger partial charge in [0.1, 0.15) is 5.75 Å². The minimum Gasteiger partial charge on any atom is -0.497 e. The topological polar surface area (TPSA) is 41.5 Å². The van der Waals surface area contributed by atoms with E-state index >= 15 is 0 Å². The van der Waals surface area contributed by atoms with Crippen LogP contribution in [0.3, 0.4) is 0 Å². The fourth-order valence-electron chi connectivity index (χ4n) is 3.69. The molecule has 2 aromatic rings. The van der Waals surface area contributed by atoms with Gasteiger partial charge in [0.05, 0.1) is 19.3 Å². The van der Waals surface area contributed by atoms with Crippen molar-refractivity contribution in [3.05, 3.63) is 60.2 Å². The number of hydrogen-bond acceptors (Lipinski definition) is 3. The lowest BCUT2D eigenvalue weighted by molar-refractivity contribution is 0.114. The molecule has 128 valence electrons. The van der Waals surface area contributed by atoms with Crippen LogP contribution in [0.25, 0.3) is 0 Å². The number of ether oxygens (including phenoxy) is 1. The Morgan fingerprint density at radius 2 is 1.62 bits per heavy atom. The molecule has 0 aromatic heterocycles. The number of benzene rings is 2. The maximum absolute atomic E-state index is 11.0. The van der Waals surface area contributed by atoms with Gasteiger partial charge in [0, 0.05) is 5.69 Å². The van der Waals surface area contributed by atoms with Gasteiger partial charge < -0.3 is 15.2 Å². The Morgan fingerprint density at radius 3 is 2.25 bits per heavy atom. The van der Waals surface area contributed by atoms with Gasteiger partial charge in [0.25, 0.3) is 0 Å². The van der Waals surface area contributed by atoms with E-state index in [4.69, 9.17) is 4.74 Å². The van der Waals surface area contributed by atoms with Gasteiger partial charge >= 0.3 is 0 Å². The quantitative estimate of drug-likeness (QED) is 0.802. The highest BCUT2D eigenvalue weighted by molar-refractivity contribution is 5.47. The maximum atomic E-state index is 11.0. The summed E-state index contributed by atoms with van der Waals surface area (Å²) in [7, 11) is 1.67. The molecular weight excluding hydrogens is 298 g/mol. The average molecular weight is 325 g/mol. The van der Waals surface area contributed by atoms with Gasteiger partial charge in [-0.1, -0.05) is 49.6 Å². The average Bonchev–Trinajstić information content (AvgIpc) is 2.67. The summed E-state index contributed by atoms with van der Waals surface area (Å²) >= 11 is 0. The van der Waals surface area contributed by atoms with Gasteiger partial charge in [0.15, 0.2) is 0 Å². The van der Waals surface area contributed by atoms with Gasteiger partial charge in [-0.3, -0.25) is 0 Å². The molecule has 0 aliphatic heterocycles. The Kier molecular flexibility index (Phi) is 5.76. The molecule has 1 aliphatic rings. The van der Waals surface area contributed by atoms with Gasteiger partial charge in [-0.05, 0) is 48.6 Å². The predicted octanol–water partition coefficient (Wildman–Crippen LogP) is 4.79. The molecule has 0 unspecified atom stereocenters. The first-order chi connectivity index (χ1) is 11.8. The van der Waals surface area contributed by atoms with Crippen LogP contribution < -0.4 is 10.1 Å². The van der Waals surface area contributed by atoms with E-state index < -0.39 is 6.10 Å². The molecule has 1 aliphatic carbocycles. The van der Waals surface area contributed by atoms with Crippen molar-refractivity contribution in [3.63, 3.8) is 0 Å². The second-order valence-corrected chi connectivity index (χ2v) is 6.65. The maximum Gasteiger partial charge on any atom is 0.119 e. The Balaban J connectivity index is 1.80. The molecule has 3 nitrogen and oxygen atoms in total. The third-order valence-corrected chi connectivity index (χ3v) is 5.06. The van der Waals surface area contributed by atoms with E-state index in [0.717, 1.165) is 17.0 Å². The Hall–Kier alpha value is -2.00. The molecule has 2 N–H and O–H groups in total. The van der Waals surface area contributed by atoms with E-state index in [9.17, 15) is 5.11 Å². The number of rotatable bonds is 6. The van der Waals surface area contributed by atoms with Gasteiger partial charge in [-0.15, -0.1) is 0 Å². The van der Waals surface area contributed by atoms with E-state index in [0.29, 0.717) is 5.92 Å². The highest BCUT2D eigenvalue weighted by Gasteiger charge is 2.30. The number of aliphatic hydroxyl groups excluding tert-OH is 1. The van der Waals surface area contributed by atoms with Crippen molar-refractivity contribution in [2.45, 2.75) is 44.2 Å². The molecule has 1 saturated carbocycles. The van der Waals surface area contributed by atoms with Crippen molar-refractivity contribution in [2.24, 2.45) is 5.92 Å². The summed E-state index contributed by atoms with van der Waals surface area (Å²) in [5.41, 5.74) is 2.01. The van der Waals surface area contributed by atoms with E-state index in [-0.39, 0.29) is 6.04 Å². The summed E-state index contributed by atoms with van der Waals surface area (Å²) in [4.78, 5) is 0. The summed E-state index contributed by atoms with van der Waals surface area (Å²) in [6.45, 7) is 0. The van der Waals surface area contributed by atoms with Crippen molar-refractivity contribution in [1.82, 2.24) is 0 Å². The van der Waals surface area contributed by atoms with Crippen LogP contribution in [0, 0.1) is 5.92 Å². The first-order valence-electron chi connectivity index (χ1n) is 8.91. The molecule has 0 heterocycles. The normalized spacial score (nSPS) is 17.9.